The molecule has 0 saturated heterocycles. The molecule has 5 heteroatoms. The van der Waals surface area contributed by atoms with Crippen LogP contribution >= 0.6 is 0 Å². The van der Waals surface area contributed by atoms with E-state index in [0.29, 0.717) is 12.0 Å². The lowest BCUT2D eigenvalue weighted by atomic mass is 9.84. The van der Waals surface area contributed by atoms with Crippen LogP contribution in [0, 0.1) is 6.92 Å². The van der Waals surface area contributed by atoms with Crippen LogP contribution < -0.4 is 0 Å². The van der Waals surface area contributed by atoms with Gasteiger partial charge in [-0.1, -0.05) is 18.2 Å². The molecule has 1 aliphatic rings. The number of alkyl halides is 3. The third kappa shape index (κ3) is 2.86. The van der Waals surface area contributed by atoms with Crippen LogP contribution in [0.15, 0.2) is 24.3 Å². The van der Waals surface area contributed by atoms with Gasteiger partial charge in [-0.25, -0.2) is 4.79 Å². The lowest BCUT2D eigenvalue weighted by molar-refractivity contribution is -0.138. The first kappa shape index (κ1) is 14.6. The van der Waals surface area contributed by atoms with Crippen LogP contribution in [0.3, 0.4) is 0 Å². The maximum Gasteiger partial charge on any atom is 0.416 e. The molecule has 1 unspecified atom stereocenters. The zero-order chi connectivity index (χ0) is 14.9. The van der Waals surface area contributed by atoms with E-state index in [1.165, 1.54) is 13.0 Å². The summed E-state index contributed by atoms with van der Waals surface area (Å²) in [6.07, 6.45) is 1.51. The van der Waals surface area contributed by atoms with Gasteiger partial charge in [0, 0.05) is 5.92 Å². The average molecular weight is 284 g/mol. The number of halogens is 3. The molecule has 0 aromatic heterocycles. The van der Waals surface area contributed by atoms with Crippen molar-refractivity contribution in [2.75, 3.05) is 0 Å². The minimum Gasteiger partial charge on any atom is -0.478 e. The number of carboxylic acid groups (broad SMARTS) is 1. The van der Waals surface area contributed by atoms with Crippen LogP contribution in [-0.4, -0.2) is 11.1 Å². The van der Waals surface area contributed by atoms with E-state index >= 15 is 0 Å². The Bertz CT molecular complexity index is 559. The molecule has 0 amide bonds. The van der Waals surface area contributed by atoms with Gasteiger partial charge in [-0.15, -0.1) is 0 Å². The second-order valence-electron chi connectivity index (χ2n) is 5.02. The number of carboxylic acids is 1. The Hall–Kier alpha value is -1.78. The van der Waals surface area contributed by atoms with E-state index in [4.69, 9.17) is 5.11 Å². The van der Waals surface area contributed by atoms with Crippen LogP contribution in [0.1, 0.15) is 52.2 Å². The van der Waals surface area contributed by atoms with E-state index in [-0.39, 0.29) is 17.0 Å². The van der Waals surface area contributed by atoms with Crippen LogP contribution in [0.5, 0.6) is 0 Å². The number of hydrogen-bond donors (Lipinski definition) is 1. The largest absolute Gasteiger partial charge is 0.478 e. The standard InChI is InChI=1S/C15H15F3O2/c1-9-7-12(10-5-3-2-4-6-10)13(15(16,17)18)8-11(9)14(19)20/h3,5,7-8,10H,2,4,6H2,1H3,(H,19,20). The van der Waals surface area contributed by atoms with Gasteiger partial charge >= 0.3 is 12.1 Å². The number of benzene rings is 1. The molecule has 0 saturated carbocycles. The third-order valence-electron chi connectivity index (χ3n) is 3.59. The molecule has 1 aromatic carbocycles. The predicted octanol–water partition coefficient (Wildman–Crippen LogP) is 4.54. The van der Waals surface area contributed by atoms with Crippen molar-refractivity contribution in [1.82, 2.24) is 0 Å². The van der Waals surface area contributed by atoms with Crippen LogP contribution in [0.25, 0.3) is 0 Å². The normalized spacial score (nSPS) is 19.1. The number of allylic oxidation sites excluding steroid dienone is 2. The van der Waals surface area contributed by atoms with Crippen molar-refractivity contribution >= 4 is 5.97 Å². The lowest BCUT2D eigenvalue weighted by Crippen LogP contribution is -2.15. The molecule has 1 atom stereocenters. The van der Waals surface area contributed by atoms with Crippen molar-refractivity contribution in [2.45, 2.75) is 38.3 Å². The lowest BCUT2D eigenvalue weighted by Gasteiger charge is -2.22. The van der Waals surface area contributed by atoms with Crippen molar-refractivity contribution in [2.24, 2.45) is 0 Å². The highest BCUT2D eigenvalue weighted by atomic mass is 19.4. The van der Waals surface area contributed by atoms with E-state index in [9.17, 15) is 18.0 Å². The fraction of sp³-hybridized carbons (Fsp3) is 0.400. The molecule has 20 heavy (non-hydrogen) atoms. The van der Waals surface area contributed by atoms with Crippen molar-refractivity contribution < 1.29 is 23.1 Å². The molecule has 1 aromatic rings. The molecule has 2 rings (SSSR count). The zero-order valence-corrected chi connectivity index (χ0v) is 11.0. The number of rotatable bonds is 2. The van der Waals surface area contributed by atoms with Crippen LogP contribution in [0.4, 0.5) is 13.2 Å². The quantitative estimate of drug-likeness (QED) is 0.810. The molecule has 108 valence electrons. The monoisotopic (exact) mass is 284 g/mol. The van der Waals surface area contributed by atoms with Crippen molar-refractivity contribution in [3.63, 3.8) is 0 Å². The van der Waals surface area contributed by atoms with Gasteiger partial charge in [0.05, 0.1) is 11.1 Å². The van der Waals surface area contributed by atoms with E-state index in [1.54, 1.807) is 6.08 Å². The highest BCUT2D eigenvalue weighted by Crippen LogP contribution is 2.39. The molecule has 0 aliphatic heterocycles. The first-order valence-electron chi connectivity index (χ1n) is 6.42. The van der Waals surface area contributed by atoms with E-state index < -0.39 is 17.7 Å². The van der Waals surface area contributed by atoms with Gasteiger partial charge in [0.1, 0.15) is 0 Å². The maximum absolute atomic E-state index is 13.2. The smallest absolute Gasteiger partial charge is 0.416 e. The molecule has 0 bridgehead atoms. The molecule has 1 N–H and O–H groups in total. The van der Waals surface area contributed by atoms with Crippen molar-refractivity contribution in [3.8, 4) is 0 Å². The summed E-state index contributed by atoms with van der Waals surface area (Å²) in [4.78, 5) is 11.0. The number of hydrogen-bond acceptors (Lipinski definition) is 1. The minimum absolute atomic E-state index is 0.177. The molecule has 0 fully saturated rings. The minimum atomic E-state index is -4.54. The Morgan fingerprint density at radius 1 is 1.35 bits per heavy atom. The summed E-state index contributed by atoms with van der Waals surface area (Å²) in [5, 5.41) is 8.98. The second-order valence-corrected chi connectivity index (χ2v) is 5.02. The highest BCUT2D eigenvalue weighted by Gasteiger charge is 2.36. The number of carbonyl (C=O) groups is 1. The average Bonchev–Trinajstić information content (AvgIpc) is 2.37. The first-order chi connectivity index (χ1) is 9.30. The van der Waals surface area contributed by atoms with Crippen molar-refractivity contribution in [1.29, 1.82) is 0 Å². The Kier molecular flexibility index (Phi) is 3.88. The molecule has 1 aliphatic carbocycles. The number of aromatic carboxylic acids is 1. The first-order valence-corrected chi connectivity index (χ1v) is 6.42. The summed E-state index contributed by atoms with van der Waals surface area (Å²) in [5.74, 6) is -1.62. The Balaban J connectivity index is 2.60. The zero-order valence-electron chi connectivity index (χ0n) is 11.0. The molecular weight excluding hydrogens is 269 g/mol. The topological polar surface area (TPSA) is 37.3 Å². The molecule has 0 heterocycles. The Morgan fingerprint density at radius 3 is 2.55 bits per heavy atom. The summed E-state index contributed by atoms with van der Waals surface area (Å²) < 4.78 is 39.5. The third-order valence-corrected chi connectivity index (χ3v) is 3.59. The van der Waals surface area contributed by atoms with Crippen LogP contribution in [-0.2, 0) is 6.18 Å². The van der Waals surface area contributed by atoms with E-state index in [0.717, 1.165) is 18.9 Å². The fourth-order valence-electron chi connectivity index (χ4n) is 2.58. The highest BCUT2D eigenvalue weighted by molar-refractivity contribution is 5.89. The van der Waals surface area contributed by atoms with Gasteiger partial charge < -0.3 is 5.11 Å². The summed E-state index contributed by atoms with van der Waals surface area (Å²) in [6, 6.07) is 2.13. The molecular formula is C15H15F3O2. The van der Waals surface area contributed by atoms with Gasteiger partial charge in [-0.3, -0.25) is 0 Å². The van der Waals surface area contributed by atoms with E-state index in [1.807, 2.05) is 6.08 Å². The second kappa shape index (κ2) is 5.31. The molecule has 2 nitrogen and oxygen atoms in total. The van der Waals surface area contributed by atoms with Crippen LogP contribution in [0.2, 0.25) is 0 Å². The van der Waals surface area contributed by atoms with Crippen molar-refractivity contribution in [3.05, 3.63) is 46.5 Å². The number of aryl methyl sites for hydroxylation is 1. The fourth-order valence-corrected chi connectivity index (χ4v) is 2.58. The Morgan fingerprint density at radius 2 is 2.05 bits per heavy atom. The predicted molar refractivity (Wildman–Crippen MR) is 68.9 cm³/mol. The summed E-state index contributed by atoms with van der Waals surface area (Å²) >= 11 is 0. The maximum atomic E-state index is 13.2. The summed E-state index contributed by atoms with van der Waals surface area (Å²) in [6.45, 7) is 1.53. The van der Waals surface area contributed by atoms with Gasteiger partial charge in [0.15, 0.2) is 0 Å². The molecule has 0 spiro atoms. The van der Waals surface area contributed by atoms with Gasteiger partial charge in [0.25, 0.3) is 0 Å². The summed E-state index contributed by atoms with van der Waals surface area (Å²) in [7, 11) is 0. The van der Waals surface area contributed by atoms with E-state index in [2.05, 4.69) is 0 Å². The van der Waals surface area contributed by atoms with Gasteiger partial charge in [0.2, 0.25) is 0 Å². The van der Waals surface area contributed by atoms with Gasteiger partial charge in [-0.2, -0.15) is 13.2 Å². The summed E-state index contributed by atoms with van der Waals surface area (Å²) in [5.41, 5.74) is -0.590. The SMILES string of the molecule is Cc1cc(C2C=CCCC2)c(C(F)(F)F)cc1C(=O)O. The van der Waals surface area contributed by atoms with Gasteiger partial charge in [-0.05, 0) is 43.4 Å². The Labute approximate surface area is 114 Å². The molecule has 0 radical (unpaired) electrons.